The number of rotatable bonds is 10. The molecule has 0 aromatic carbocycles. The predicted molar refractivity (Wildman–Crippen MR) is 119 cm³/mol. The molecule has 166 valence electrons. The summed E-state index contributed by atoms with van der Waals surface area (Å²) < 4.78 is 30.2. The van der Waals surface area contributed by atoms with Gasteiger partial charge in [0.1, 0.15) is 0 Å². The van der Waals surface area contributed by atoms with E-state index in [4.69, 9.17) is 0 Å². The SMILES string of the molecule is CCN(CC)S(=O)(=O)c1ccc(=O)n(CC(=O)c2cc(C)n(CCC(C)C)c2C)c1. The summed E-state index contributed by atoms with van der Waals surface area (Å²) in [5.74, 6) is 0.345. The van der Waals surface area contributed by atoms with Crippen LogP contribution in [0.2, 0.25) is 0 Å². The highest BCUT2D eigenvalue weighted by Gasteiger charge is 2.23. The first-order valence-electron chi connectivity index (χ1n) is 10.4. The summed E-state index contributed by atoms with van der Waals surface area (Å²) in [7, 11) is -3.71. The summed E-state index contributed by atoms with van der Waals surface area (Å²) in [6, 6.07) is 4.35. The maximum Gasteiger partial charge on any atom is 0.251 e. The van der Waals surface area contributed by atoms with Crippen molar-refractivity contribution in [1.82, 2.24) is 13.4 Å². The molecule has 0 bridgehead atoms. The fourth-order valence-corrected chi connectivity index (χ4v) is 5.03. The first-order chi connectivity index (χ1) is 14.0. The lowest BCUT2D eigenvalue weighted by Gasteiger charge is -2.19. The quantitative estimate of drug-likeness (QED) is 0.537. The molecule has 0 aliphatic heterocycles. The Balaban J connectivity index is 2.34. The van der Waals surface area contributed by atoms with Crippen LogP contribution in [0.3, 0.4) is 0 Å². The molecule has 0 saturated heterocycles. The van der Waals surface area contributed by atoms with Crippen LogP contribution in [0.4, 0.5) is 0 Å². The van der Waals surface area contributed by atoms with Crippen LogP contribution in [0, 0.1) is 19.8 Å². The molecular weight excluding hydrogens is 402 g/mol. The third kappa shape index (κ3) is 5.10. The van der Waals surface area contributed by atoms with Crippen LogP contribution < -0.4 is 5.56 Å². The van der Waals surface area contributed by atoms with Crippen LogP contribution in [0.25, 0.3) is 0 Å². The molecule has 0 radical (unpaired) electrons. The van der Waals surface area contributed by atoms with Crippen molar-refractivity contribution in [3.63, 3.8) is 0 Å². The zero-order chi connectivity index (χ0) is 22.6. The Labute approximate surface area is 179 Å². The van der Waals surface area contributed by atoms with Gasteiger partial charge in [0, 0.05) is 48.8 Å². The first kappa shape index (κ1) is 24.1. The monoisotopic (exact) mass is 435 g/mol. The van der Waals surface area contributed by atoms with Crippen molar-refractivity contribution >= 4 is 15.8 Å². The number of hydrogen-bond donors (Lipinski definition) is 0. The van der Waals surface area contributed by atoms with E-state index in [0.29, 0.717) is 24.6 Å². The van der Waals surface area contributed by atoms with Crippen LogP contribution in [0.15, 0.2) is 34.1 Å². The lowest BCUT2D eigenvalue weighted by Crippen LogP contribution is -2.32. The smallest absolute Gasteiger partial charge is 0.251 e. The van der Waals surface area contributed by atoms with Crippen LogP contribution in [0.5, 0.6) is 0 Å². The van der Waals surface area contributed by atoms with Crippen LogP contribution >= 0.6 is 0 Å². The second-order valence-corrected chi connectivity index (χ2v) is 9.90. The van der Waals surface area contributed by atoms with Crippen molar-refractivity contribution in [3.05, 3.63) is 51.7 Å². The molecule has 0 aliphatic rings. The van der Waals surface area contributed by atoms with Crippen LogP contribution in [-0.4, -0.2) is 40.7 Å². The molecule has 0 N–H and O–H groups in total. The largest absolute Gasteiger partial charge is 0.348 e. The molecule has 0 spiro atoms. The highest BCUT2D eigenvalue weighted by molar-refractivity contribution is 7.89. The van der Waals surface area contributed by atoms with E-state index < -0.39 is 15.6 Å². The van der Waals surface area contributed by atoms with E-state index in [1.54, 1.807) is 13.8 Å². The molecule has 2 aromatic rings. The average molecular weight is 436 g/mol. The van der Waals surface area contributed by atoms with Crippen molar-refractivity contribution in [1.29, 1.82) is 0 Å². The van der Waals surface area contributed by atoms with Gasteiger partial charge in [-0.15, -0.1) is 0 Å². The Bertz CT molecular complexity index is 1060. The number of carbonyl (C=O) groups excluding carboxylic acids is 1. The zero-order valence-electron chi connectivity index (χ0n) is 18.8. The molecule has 2 heterocycles. The number of carbonyl (C=O) groups is 1. The van der Waals surface area contributed by atoms with Gasteiger partial charge in [0.05, 0.1) is 11.4 Å². The lowest BCUT2D eigenvalue weighted by atomic mass is 10.1. The minimum atomic E-state index is -3.71. The summed E-state index contributed by atoms with van der Waals surface area (Å²) in [5, 5.41) is 0. The van der Waals surface area contributed by atoms with E-state index in [0.717, 1.165) is 24.4 Å². The van der Waals surface area contributed by atoms with Gasteiger partial charge in [-0.05, 0) is 38.3 Å². The molecule has 0 aliphatic carbocycles. The van der Waals surface area contributed by atoms with Gasteiger partial charge in [-0.1, -0.05) is 27.7 Å². The molecule has 2 aromatic heterocycles. The highest BCUT2D eigenvalue weighted by Crippen LogP contribution is 2.19. The van der Waals surface area contributed by atoms with Crippen molar-refractivity contribution in [2.75, 3.05) is 13.1 Å². The van der Waals surface area contributed by atoms with E-state index in [1.807, 2.05) is 19.9 Å². The number of hydrogen-bond acceptors (Lipinski definition) is 4. The number of nitrogens with zero attached hydrogens (tertiary/aromatic N) is 3. The third-order valence-corrected chi connectivity index (χ3v) is 7.45. The molecule has 8 heteroatoms. The van der Waals surface area contributed by atoms with E-state index in [9.17, 15) is 18.0 Å². The number of pyridine rings is 1. The molecule has 0 atom stereocenters. The molecule has 2 rings (SSSR count). The molecule has 7 nitrogen and oxygen atoms in total. The summed E-state index contributed by atoms with van der Waals surface area (Å²) in [6.45, 7) is 13.0. The number of Topliss-reactive ketones (excluding diaryl/α,β-unsaturated/α-hetero) is 1. The Morgan fingerprint density at radius 3 is 2.33 bits per heavy atom. The zero-order valence-corrected chi connectivity index (χ0v) is 19.6. The number of ketones is 1. The standard InChI is InChI=1S/C22H33N3O4S/c1-7-24(8-2)30(28,29)19-9-10-22(27)23(14-19)15-21(26)20-13-17(5)25(18(20)6)12-11-16(3)4/h9-10,13-14,16H,7-8,11-12,15H2,1-6H3. The topological polar surface area (TPSA) is 81.4 Å². The van der Waals surface area contributed by atoms with Crippen molar-refractivity contribution in [2.24, 2.45) is 5.92 Å². The normalized spacial score (nSPS) is 12.1. The van der Waals surface area contributed by atoms with Gasteiger partial charge in [-0.2, -0.15) is 4.31 Å². The Morgan fingerprint density at radius 1 is 1.13 bits per heavy atom. The minimum Gasteiger partial charge on any atom is -0.348 e. The van der Waals surface area contributed by atoms with Gasteiger partial charge in [-0.3, -0.25) is 9.59 Å². The summed E-state index contributed by atoms with van der Waals surface area (Å²) in [5.41, 5.74) is 2.04. The Hall–Kier alpha value is -2.19. The predicted octanol–water partition coefficient (Wildman–Crippen LogP) is 3.23. The molecule has 0 unspecified atom stereocenters. The molecule has 0 fully saturated rings. The fraction of sp³-hybridized carbons (Fsp3) is 0.545. The second kappa shape index (κ2) is 9.75. The van der Waals surface area contributed by atoms with Gasteiger partial charge < -0.3 is 9.13 Å². The van der Waals surface area contributed by atoms with E-state index >= 15 is 0 Å². The minimum absolute atomic E-state index is 0.0148. The summed E-state index contributed by atoms with van der Waals surface area (Å²) in [4.78, 5) is 25.3. The van der Waals surface area contributed by atoms with Crippen LogP contribution in [0.1, 0.15) is 55.9 Å². The number of sulfonamides is 1. The van der Waals surface area contributed by atoms with Gasteiger partial charge in [0.25, 0.3) is 5.56 Å². The molecule has 0 amide bonds. The molecule has 30 heavy (non-hydrogen) atoms. The van der Waals surface area contributed by atoms with Crippen molar-refractivity contribution in [2.45, 2.75) is 65.9 Å². The van der Waals surface area contributed by atoms with Crippen molar-refractivity contribution in [3.8, 4) is 0 Å². The Morgan fingerprint density at radius 2 is 1.77 bits per heavy atom. The van der Waals surface area contributed by atoms with E-state index in [1.165, 1.54) is 27.2 Å². The van der Waals surface area contributed by atoms with Gasteiger partial charge >= 0.3 is 0 Å². The lowest BCUT2D eigenvalue weighted by molar-refractivity contribution is 0.0969. The summed E-state index contributed by atoms with van der Waals surface area (Å²) in [6.07, 6.45) is 2.28. The third-order valence-electron chi connectivity index (χ3n) is 5.42. The van der Waals surface area contributed by atoms with E-state index in [2.05, 4.69) is 18.4 Å². The maximum absolute atomic E-state index is 13.0. The average Bonchev–Trinajstić information content (AvgIpc) is 2.96. The molecular formula is C22H33N3O4S. The maximum atomic E-state index is 13.0. The Kier molecular flexibility index (Phi) is 7.82. The molecule has 0 saturated carbocycles. The summed E-state index contributed by atoms with van der Waals surface area (Å²) >= 11 is 0. The van der Waals surface area contributed by atoms with Crippen molar-refractivity contribution < 1.29 is 13.2 Å². The highest BCUT2D eigenvalue weighted by atomic mass is 32.2. The van der Waals surface area contributed by atoms with Gasteiger partial charge in [0.2, 0.25) is 10.0 Å². The second-order valence-electron chi connectivity index (χ2n) is 7.96. The number of aromatic nitrogens is 2. The van der Waals surface area contributed by atoms with Crippen LogP contribution in [-0.2, 0) is 23.1 Å². The first-order valence-corrected chi connectivity index (χ1v) is 11.9. The van der Waals surface area contributed by atoms with Gasteiger partial charge in [0.15, 0.2) is 5.78 Å². The van der Waals surface area contributed by atoms with E-state index in [-0.39, 0.29) is 17.2 Å². The number of aryl methyl sites for hydroxylation is 1. The fourth-order valence-electron chi connectivity index (χ4n) is 3.55. The van der Waals surface area contributed by atoms with Gasteiger partial charge in [-0.25, -0.2) is 8.42 Å².